The SMILES string of the molecule is CC1CCC(COc2ccc(S(=O)(=O)Cl)cc2C(C)C)O1. The molecular weight excluding hydrogens is 312 g/mol. The average Bonchev–Trinajstić information content (AvgIpc) is 2.80. The highest BCUT2D eigenvalue weighted by molar-refractivity contribution is 8.13. The molecule has 0 radical (unpaired) electrons. The Morgan fingerprint density at radius 1 is 1.38 bits per heavy atom. The van der Waals surface area contributed by atoms with Crippen molar-refractivity contribution in [1.82, 2.24) is 0 Å². The standard InChI is InChI=1S/C15H21ClO4S/c1-10(2)14-8-13(21(16,17)18)6-7-15(14)19-9-12-5-4-11(3)20-12/h6-8,10-12H,4-5,9H2,1-3H3. The lowest BCUT2D eigenvalue weighted by Gasteiger charge is -2.17. The molecule has 6 heteroatoms. The second-order valence-electron chi connectivity index (χ2n) is 5.75. The minimum Gasteiger partial charge on any atom is -0.491 e. The van der Waals surface area contributed by atoms with E-state index in [2.05, 4.69) is 6.92 Å². The quantitative estimate of drug-likeness (QED) is 0.772. The number of hydrogen-bond acceptors (Lipinski definition) is 4. The topological polar surface area (TPSA) is 52.6 Å². The zero-order valence-corrected chi connectivity index (χ0v) is 14.1. The first-order chi connectivity index (χ1) is 9.77. The van der Waals surface area contributed by atoms with E-state index in [-0.39, 0.29) is 23.0 Å². The lowest BCUT2D eigenvalue weighted by atomic mass is 10.0. The first-order valence-electron chi connectivity index (χ1n) is 7.14. The highest BCUT2D eigenvalue weighted by atomic mass is 35.7. The van der Waals surface area contributed by atoms with E-state index in [9.17, 15) is 8.42 Å². The van der Waals surface area contributed by atoms with Crippen molar-refractivity contribution in [2.45, 2.75) is 56.6 Å². The summed E-state index contributed by atoms with van der Waals surface area (Å²) >= 11 is 0. The average molecular weight is 333 g/mol. The van der Waals surface area contributed by atoms with Gasteiger partial charge in [0.1, 0.15) is 12.4 Å². The summed E-state index contributed by atoms with van der Waals surface area (Å²) in [5.41, 5.74) is 0.836. The molecule has 0 N–H and O–H groups in total. The lowest BCUT2D eigenvalue weighted by molar-refractivity contribution is 0.0262. The zero-order chi connectivity index (χ0) is 15.6. The van der Waals surface area contributed by atoms with Crippen LogP contribution in [0.2, 0.25) is 0 Å². The summed E-state index contributed by atoms with van der Waals surface area (Å²) in [6.07, 6.45) is 2.43. The molecule has 1 aromatic rings. The third kappa shape index (κ3) is 4.34. The van der Waals surface area contributed by atoms with Crippen LogP contribution in [0.5, 0.6) is 5.75 Å². The van der Waals surface area contributed by atoms with Crippen molar-refractivity contribution in [1.29, 1.82) is 0 Å². The van der Waals surface area contributed by atoms with Gasteiger partial charge in [-0.15, -0.1) is 0 Å². The van der Waals surface area contributed by atoms with E-state index in [0.717, 1.165) is 18.4 Å². The molecule has 0 amide bonds. The number of benzene rings is 1. The summed E-state index contributed by atoms with van der Waals surface area (Å²) in [4.78, 5) is 0.103. The Bertz CT molecular complexity index is 598. The van der Waals surface area contributed by atoms with Gasteiger partial charge in [-0.2, -0.15) is 0 Å². The van der Waals surface area contributed by atoms with E-state index in [4.69, 9.17) is 20.2 Å². The molecule has 1 aromatic carbocycles. The fourth-order valence-corrected chi connectivity index (χ4v) is 3.24. The van der Waals surface area contributed by atoms with Gasteiger partial charge in [0.15, 0.2) is 0 Å². The van der Waals surface area contributed by atoms with Crippen LogP contribution in [0.3, 0.4) is 0 Å². The normalized spacial score (nSPS) is 22.7. The molecule has 4 nitrogen and oxygen atoms in total. The summed E-state index contributed by atoms with van der Waals surface area (Å²) in [5, 5.41) is 0. The van der Waals surface area contributed by atoms with E-state index in [1.807, 2.05) is 13.8 Å². The highest BCUT2D eigenvalue weighted by Gasteiger charge is 2.23. The fourth-order valence-electron chi connectivity index (χ4n) is 2.45. The van der Waals surface area contributed by atoms with Gasteiger partial charge in [0.25, 0.3) is 9.05 Å². The summed E-state index contributed by atoms with van der Waals surface area (Å²) in [7, 11) is 1.67. The second-order valence-corrected chi connectivity index (χ2v) is 8.32. The van der Waals surface area contributed by atoms with Gasteiger partial charge in [-0.05, 0) is 49.4 Å². The number of halogens is 1. The largest absolute Gasteiger partial charge is 0.491 e. The molecule has 0 aromatic heterocycles. The van der Waals surface area contributed by atoms with E-state index in [1.54, 1.807) is 12.1 Å². The first-order valence-corrected chi connectivity index (χ1v) is 9.45. The van der Waals surface area contributed by atoms with E-state index >= 15 is 0 Å². The molecule has 118 valence electrons. The number of ether oxygens (including phenoxy) is 2. The smallest absolute Gasteiger partial charge is 0.261 e. The number of hydrogen-bond donors (Lipinski definition) is 0. The highest BCUT2D eigenvalue weighted by Crippen LogP contribution is 2.31. The minimum atomic E-state index is -3.72. The van der Waals surface area contributed by atoms with Crippen LogP contribution >= 0.6 is 10.7 Å². The Morgan fingerprint density at radius 2 is 2.10 bits per heavy atom. The van der Waals surface area contributed by atoms with Gasteiger partial charge < -0.3 is 9.47 Å². The van der Waals surface area contributed by atoms with Gasteiger partial charge in [0.2, 0.25) is 0 Å². The van der Waals surface area contributed by atoms with Gasteiger partial charge in [0, 0.05) is 10.7 Å². The van der Waals surface area contributed by atoms with E-state index in [1.165, 1.54) is 6.07 Å². The van der Waals surface area contributed by atoms with Crippen LogP contribution in [0.4, 0.5) is 0 Å². The van der Waals surface area contributed by atoms with Gasteiger partial charge in [-0.3, -0.25) is 0 Å². The van der Waals surface area contributed by atoms with Crippen LogP contribution in [0.25, 0.3) is 0 Å². The summed E-state index contributed by atoms with van der Waals surface area (Å²) < 4.78 is 34.4. The fraction of sp³-hybridized carbons (Fsp3) is 0.600. The molecule has 1 saturated heterocycles. The lowest BCUT2D eigenvalue weighted by Crippen LogP contribution is -2.18. The molecule has 21 heavy (non-hydrogen) atoms. The number of rotatable bonds is 5. The third-order valence-electron chi connectivity index (χ3n) is 3.63. The molecule has 0 aliphatic carbocycles. The summed E-state index contributed by atoms with van der Waals surface area (Å²) in [6.45, 7) is 6.51. The third-order valence-corrected chi connectivity index (χ3v) is 4.98. The Hall–Kier alpha value is -0.780. The molecule has 2 atom stereocenters. The molecule has 1 heterocycles. The summed E-state index contributed by atoms with van der Waals surface area (Å²) in [5.74, 6) is 0.832. The molecular formula is C15H21ClO4S. The van der Waals surface area contributed by atoms with Crippen molar-refractivity contribution in [2.24, 2.45) is 0 Å². The minimum absolute atomic E-state index is 0.103. The Labute approximate surface area is 130 Å². The predicted molar refractivity (Wildman–Crippen MR) is 82.6 cm³/mol. The Kier molecular flexibility index (Phi) is 5.17. The van der Waals surface area contributed by atoms with Crippen molar-refractivity contribution in [2.75, 3.05) is 6.61 Å². The van der Waals surface area contributed by atoms with Crippen molar-refractivity contribution >= 4 is 19.7 Å². The van der Waals surface area contributed by atoms with Crippen LogP contribution < -0.4 is 4.74 Å². The van der Waals surface area contributed by atoms with Gasteiger partial charge in [-0.1, -0.05) is 13.8 Å². The van der Waals surface area contributed by atoms with Crippen molar-refractivity contribution in [3.63, 3.8) is 0 Å². The monoisotopic (exact) mass is 332 g/mol. The van der Waals surface area contributed by atoms with Crippen molar-refractivity contribution in [3.05, 3.63) is 23.8 Å². The molecule has 2 unspecified atom stereocenters. The maximum Gasteiger partial charge on any atom is 0.261 e. The van der Waals surface area contributed by atoms with Crippen molar-refractivity contribution < 1.29 is 17.9 Å². The maximum atomic E-state index is 11.4. The van der Waals surface area contributed by atoms with Crippen molar-refractivity contribution in [3.8, 4) is 5.75 Å². The second kappa shape index (κ2) is 6.55. The van der Waals surface area contributed by atoms with E-state index in [0.29, 0.717) is 12.4 Å². The maximum absolute atomic E-state index is 11.4. The van der Waals surface area contributed by atoms with Crippen LogP contribution in [0.15, 0.2) is 23.1 Å². The van der Waals surface area contributed by atoms with Crippen LogP contribution in [0.1, 0.15) is 45.1 Å². The molecule has 1 aliphatic heterocycles. The molecule has 1 fully saturated rings. The van der Waals surface area contributed by atoms with Crippen LogP contribution in [0, 0.1) is 0 Å². The van der Waals surface area contributed by atoms with Crippen LogP contribution in [-0.4, -0.2) is 27.2 Å². The molecule has 2 rings (SSSR count). The molecule has 1 aliphatic rings. The predicted octanol–water partition coefficient (Wildman–Crippen LogP) is 3.68. The first kappa shape index (κ1) is 16.6. The van der Waals surface area contributed by atoms with Gasteiger partial charge in [-0.25, -0.2) is 8.42 Å². The Morgan fingerprint density at radius 3 is 2.62 bits per heavy atom. The molecule has 0 saturated carbocycles. The molecule has 0 spiro atoms. The van der Waals surface area contributed by atoms with Gasteiger partial charge in [0.05, 0.1) is 17.1 Å². The Balaban J connectivity index is 2.15. The van der Waals surface area contributed by atoms with Crippen LogP contribution in [-0.2, 0) is 13.8 Å². The van der Waals surface area contributed by atoms with Gasteiger partial charge >= 0.3 is 0 Å². The summed E-state index contributed by atoms with van der Waals surface area (Å²) in [6, 6.07) is 4.73. The van der Waals surface area contributed by atoms with E-state index < -0.39 is 9.05 Å². The zero-order valence-electron chi connectivity index (χ0n) is 12.5. The molecule has 0 bridgehead atoms.